The Morgan fingerprint density at radius 3 is 2.35 bits per heavy atom. The number of ether oxygens (including phenoxy) is 1. The number of carbonyl (C=O) groups is 2. The summed E-state index contributed by atoms with van der Waals surface area (Å²) in [5, 5.41) is 2.96. The zero-order valence-electron chi connectivity index (χ0n) is 15.6. The monoisotopic (exact) mass is 359 g/mol. The van der Waals surface area contributed by atoms with Crippen LogP contribution >= 0.6 is 0 Å². The molecule has 1 aliphatic heterocycles. The van der Waals surface area contributed by atoms with Gasteiger partial charge in [0.15, 0.2) is 0 Å². The van der Waals surface area contributed by atoms with Crippen molar-refractivity contribution in [3.63, 3.8) is 0 Å². The summed E-state index contributed by atoms with van der Waals surface area (Å²) >= 11 is 0. The van der Waals surface area contributed by atoms with E-state index in [-0.39, 0.29) is 11.8 Å². The first-order valence-corrected chi connectivity index (χ1v) is 9.61. The number of carbonyl (C=O) groups excluding carboxylic acids is 2. The van der Waals surface area contributed by atoms with Crippen LogP contribution in [0.4, 0.5) is 0 Å². The fourth-order valence-corrected chi connectivity index (χ4v) is 3.79. The van der Waals surface area contributed by atoms with Gasteiger partial charge in [-0.05, 0) is 37.1 Å². The summed E-state index contributed by atoms with van der Waals surface area (Å²) in [5.41, 5.74) is 0.637. The molecule has 1 saturated carbocycles. The lowest BCUT2D eigenvalue weighted by molar-refractivity contribution is -0.137. The van der Waals surface area contributed by atoms with Gasteiger partial charge >= 0.3 is 0 Å². The number of hydrogen-bond donors (Lipinski definition) is 1. The molecule has 6 nitrogen and oxygen atoms in total. The first kappa shape index (κ1) is 18.7. The highest BCUT2D eigenvalue weighted by molar-refractivity contribution is 5.94. The van der Waals surface area contributed by atoms with Crippen molar-refractivity contribution in [2.75, 3.05) is 46.4 Å². The van der Waals surface area contributed by atoms with Gasteiger partial charge in [0, 0.05) is 50.7 Å². The lowest BCUT2D eigenvalue weighted by Crippen LogP contribution is -2.51. The molecule has 2 aliphatic rings. The van der Waals surface area contributed by atoms with E-state index >= 15 is 0 Å². The van der Waals surface area contributed by atoms with Gasteiger partial charge in [-0.25, -0.2) is 0 Å². The molecule has 0 atom stereocenters. The minimum atomic E-state index is -0.0669. The van der Waals surface area contributed by atoms with Crippen molar-refractivity contribution in [3.8, 4) is 5.75 Å². The van der Waals surface area contributed by atoms with Crippen LogP contribution < -0.4 is 10.1 Å². The van der Waals surface area contributed by atoms with Crippen molar-refractivity contribution in [2.45, 2.75) is 25.7 Å². The zero-order chi connectivity index (χ0) is 18.4. The summed E-state index contributed by atoms with van der Waals surface area (Å²) in [6.07, 6.45) is 4.53. The molecule has 1 saturated heterocycles. The van der Waals surface area contributed by atoms with Crippen LogP contribution in [-0.2, 0) is 4.79 Å². The molecule has 2 amide bonds. The molecule has 0 bridgehead atoms. The van der Waals surface area contributed by atoms with Crippen molar-refractivity contribution in [1.82, 2.24) is 15.1 Å². The van der Waals surface area contributed by atoms with E-state index in [9.17, 15) is 9.59 Å². The van der Waals surface area contributed by atoms with E-state index in [4.69, 9.17) is 4.74 Å². The smallest absolute Gasteiger partial charge is 0.251 e. The molecule has 142 valence electrons. The molecule has 6 heteroatoms. The molecule has 1 aliphatic carbocycles. The highest BCUT2D eigenvalue weighted by Gasteiger charge is 2.29. The highest BCUT2D eigenvalue weighted by atomic mass is 16.5. The van der Waals surface area contributed by atoms with Gasteiger partial charge in [-0.3, -0.25) is 14.5 Å². The lowest BCUT2D eigenvalue weighted by Gasteiger charge is -2.36. The minimum Gasteiger partial charge on any atom is -0.497 e. The third-order valence-corrected chi connectivity index (χ3v) is 5.45. The van der Waals surface area contributed by atoms with Gasteiger partial charge in [-0.2, -0.15) is 0 Å². The number of rotatable bonds is 6. The predicted octanol–water partition coefficient (Wildman–Crippen LogP) is 1.76. The molecule has 1 N–H and O–H groups in total. The molecule has 0 radical (unpaired) electrons. The number of hydrogen-bond acceptors (Lipinski definition) is 4. The van der Waals surface area contributed by atoms with Crippen LogP contribution in [0.25, 0.3) is 0 Å². The van der Waals surface area contributed by atoms with Crippen LogP contribution in [0.3, 0.4) is 0 Å². The van der Waals surface area contributed by atoms with E-state index in [0.29, 0.717) is 18.0 Å². The maximum Gasteiger partial charge on any atom is 0.251 e. The van der Waals surface area contributed by atoms with Crippen molar-refractivity contribution in [1.29, 1.82) is 0 Å². The Balaban J connectivity index is 1.35. The van der Waals surface area contributed by atoms with E-state index in [2.05, 4.69) is 10.2 Å². The molecule has 1 aromatic carbocycles. The standard InChI is InChI=1S/C20H29N3O3/c1-26-18-8-6-16(7-9-18)19(24)21-10-11-22-12-14-23(15-13-22)20(25)17-4-2-3-5-17/h6-9,17H,2-5,10-15H2,1H3,(H,21,24). The second-order valence-electron chi connectivity index (χ2n) is 7.13. The molecule has 3 rings (SSSR count). The maximum atomic E-state index is 12.5. The van der Waals surface area contributed by atoms with Crippen LogP contribution in [0.1, 0.15) is 36.0 Å². The predicted molar refractivity (Wildman–Crippen MR) is 100 cm³/mol. The SMILES string of the molecule is COc1ccc(C(=O)NCCN2CCN(C(=O)C3CCCC3)CC2)cc1. The third kappa shape index (κ3) is 4.75. The summed E-state index contributed by atoms with van der Waals surface area (Å²) in [5.74, 6) is 1.30. The second kappa shape index (κ2) is 9.03. The Kier molecular flexibility index (Phi) is 6.50. The molecule has 0 aromatic heterocycles. The topological polar surface area (TPSA) is 61.9 Å². The summed E-state index contributed by atoms with van der Waals surface area (Å²) < 4.78 is 5.10. The third-order valence-electron chi connectivity index (χ3n) is 5.45. The summed E-state index contributed by atoms with van der Waals surface area (Å²) in [6.45, 7) is 4.81. The van der Waals surface area contributed by atoms with E-state index < -0.39 is 0 Å². The molecular weight excluding hydrogens is 330 g/mol. The summed E-state index contributed by atoms with van der Waals surface area (Å²) in [4.78, 5) is 28.9. The molecule has 2 fully saturated rings. The van der Waals surface area contributed by atoms with Crippen LogP contribution in [-0.4, -0.2) is 68.0 Å². The Hall–Kier alpha value is -2.08. The van der Waals surface area contributed by atoms with E-state index in [1.54, 1.807) is 31.4 Å². The highest BCUT2D eigenvalue weighted by Crippen LogP contribution is 2.26. The number of nitrogens with one attached hydrogen (secondary N) is 1. The van der Waals surface area contributed by atoms with Crippen LogP contribution in [0.5, 0.6) is 5.75 Å². The average Bonchev–Trinajstić information content (AvgIpc) is 3.23. The van der Waals surface area contributed by atoms with Gasteiger partial charge in [0.25, 0.3) is 5.91 Å². The molecule has 0 unspecified atom stereocenters. The molecule has 0 spiro atoms. The van der Waals surface area contributed by atoms with Crippen molar-refractivity contribution >= 4 is 11.8 Å². The van der Waals surface area contributed by atoms with E-state index in [1.165, 1.54) is 12.8 Å². The molecule has 1 aromatic rings. The van der Waals surface area contributed by atoms with Crippen molar-refractivity contribution < 1.29 is 14.3 Å². The maximum absolute atomic E-state index is 12.5. The minimum absolute atomic E-state index is 0.0669. The molecule has 1 heterocycles. The Morgan fingerprint density at radius 2 is 1.73 bits per heavy atom. The zero-order valence-corrected chi connectivity index (χ0v) is 15.6. The number of benzene rings is 1. The first-order chi connectivity index (χ1) is 12.7. The van der Waals surface area contributed by atoms with Crippen LogP contribution in [0.2, 0.25) is 0 Å². The number of methoxy groups -OCH3 is 1. The number of nitrogens with zero attached hydrogens (tertiary/aromatic N) is 2. The quantitative estimate of drug-likeness (QED) is 0.841. The number of piperazine rings is 1. The van der Waals surface area contributed by atoms with Gasteiger partial charge in [-0.15, -0.1) is 0 Å². The largest absolute Gasteiger partial charge is 0.497 e. The van der Waals surface area contributed by atoms with Crippen LogP contribution in [0.15, 0.2) is 24.3 Å². The fraction of sp³-hybridized carbons (Fsp3) is 0.600. The Bertz CT molecular complexity index is 603. The summed E-state index contributed by atoms with van der Waals surface area (Å²) in [6, 6.07) is 7.11. The molecule has 26 heavy (non-hydrogen) atoms. The molecular formula is C20H29N3O3. The Morgan fingerprint density at radius 1 is 1.08 bits per heavy atom. The second-order valence-corrected chi connectivity index (χ2v) is 7.13. The normalized spacial score (nSPS) is 18.7. The number of amides is 2. The van der Waals surface area contributed by atoms with Crippen molar-refractivity contribution in [3.05, 3.63) is 29.8 Å². The van der Waals surface area contributed by atoms with Gasteiger partial charge < -0.3 is 15.0 Å². The van der Waals surface area contributed by atoms with Crippen molar-refractivity contribution in [2.24, 2.45) is 5.92 Å². The van der Waals surface area contributed by atoms with E-state index in [1.807, 2.05) is 4.90 Å². The Labute approximate surface area is 155 Å². The van der Waals surface area contributed by atoms with Gasteiger partial charge in [0.05, 0.1) is 7.11 Å². The van der Waals surface area contributed by atoms with E-state index in [0.717, 1.165) is 51.3 Å². The van der Waals surface area contributed by atoms with Gasteiger partial charge in [-0.1, -0.05) is 12.8 Å². The fourth-order valence-electron chi connectivity index (χ4n) is 3.79. The van der Waals surface area contributed by atoms with Crippen LogP contribution in [0, 0.1) is 5.92 Å². The summed E-state index contributed by atoms with van der Waals surface area (Å²) in [7, 11) is 1.61. The average molecular weight is 359 g/mol. The first-order valence-electron chi connectivity index (χ1n) is 9.61. The van der Waals surface area contributed by atoms with Gasteiger partial charge in [0.2, 0.25) is 5.91 Å². The van der Waals surface area contributed by atoms with Gasteiger partial charge in [0.1, 0.15) is 5.75 Å². The lowest BCUT2D eigenvalue weighted by atomic mass is 10.1.